The van der Waals surface area contributed by atoms with E-state index >= 15 is 0 Å². The molecule has 9 heteroatoms. The minimum absolute atomic E-state index is 0.0534. The molecule has 3 aromatic carbocycles. The van der Waals surface area contributed by atoms with E-state index in [1.807, 2.05) is 19.1 Å². The number of rotatable bonds is 6. The van der Waals surface area contributed by atoms with Gasteiger partial charge in [0.25, 0.3) is 5.76 Å². The first-order valence-electron chi connectivity index (χ1n) is 15.2. The van der Waals surface area contributed by atoms with Crippen LogP contribution in [0.2, 0.25) is 0 Å². The molecule has 0 spiro atoms. The lowest BCUT2D eigenvalue weighted by molar-refractivity contribution is -0.919. The average Bonchev–Trinajstić information content (AvgIpc) is 2.97. The van der Waals surface area contributed by atoms with Crippen LogP contribution >= 0.6 is 0 Å². The summed E-state index contributed by atoms with van der Waals surface area (Å²) >= 11 is 0. The number of hydrogen-bond acceptors (Lipinski definition) is 5. The van der Waals surface area contributed by atoms with E-state index in [1.165, 1.54) is 18.2 Å². The Morgan fingerprint density at radius 2 is 1.62 bits per heavy atom. The molecule has 1 N–H and O–H groups in total. The molecule has 0 atom stereocenters. The third-order valence-electron chi connectivity index (χ3n) is 8.63. The van der Waals surface area contributed by atoms with Crippen molar-refractivity contribution in [1.29, 1.82) is 0 Å². The topological polar surface area (TPSA) is 70.2 Å². The molecule has 5 rings (SSSR count). The highest BCUT2D eigenvalue weighted by Crippen LogP contribution is 2.40. The van der Waals surface area contributed by atoms with Crippen LogP contribution < -0.4 is 19.8 Å². The fraction of sp³-hybridized carbons (Fsp3) is 0.389. The predicted octanol–water partition coefficient (Wildman–Crippen LogP) is 7.55. The van der Waals surface area contributed by atoms with Gasteiger partial charge in [-0.15, -0.1) is 0 Å². The van der Waals surface area contributed by atoms with Crippen molar-refractivity contribution in [3.8, 4) is 17.2 Å². The first kappa shape index (κ1) is 32.3. The Balaban J connectivity index is 1.62. The maximum absolute atomic E-state index is 14.5. The number of benzene rings is 3. The number of ether oxygens (including phenoxy) is 2. The van der Waals surface area contributed by atoms with Gasteiger partial charge in [-0.05, 0) is 91.1 Å². The summed E-state index contributed by atoms with van der Waals surface area (Å²) in [5, 5.41) is -0.0871. The van der Waals surface area contributed by atoms with E-state index in [-0.39, 0.29) is 40.0 Å². The Morgan fingerprint density at radius 1 is 0.956 bits per heavy atom. The smallest absolute Gasteiger partial charge is 0.449 e. The molecular formula is C36H39F3NO5+. The van der Waals surface area contributed by atoms with Gasteiger partial charge >= 0.3 is 12.1 Å². The van der Waals surface area contributed by atoms with Gasteiger partial charge in [-0.1, -0.05) is 45.9 Å². The molecule has 238 valence electrons. The van der Waals surface area contributed by atoms with Crippen LogP contribution in [-0.2, 0) is 18.1 Å². The normalized spacial score (nSPS) is 17.4. The number of quaternary nitrogens is 1. The molecule has 0 saturated carbocycles. The molecule has 0 unspecified atom stereocenters. The maximum atomic E-state index is 14.5. The van der Waals surface area contributed by atoms with Crippen LogP contribution in [0.1, 0.15) is 78.9 Å². The Hall–Kier alpha value is -4.11. The third kappa shape index (κ3) is 7.09. The van der Waals surface area contributed by atoms with E-state index in [4.69, 9.17) is 13.9 Å². The SMILES string of the molecule is Cc1ccc(Oc2c(C(F)(F)F)oc3c(C[NH+]4CCC(C)CC4)c(OC(=O)c4ccc(C(C)(C)C)cc4)ccc3c2=O)cc1C. The molecule has 1 aliphatic heterocycles. The number of halogens is 3. The fourth-order valence-corrected chi connectivity index (χ4v) is 5.58. The summed E-state index contributed by atoms with van der Waals surface area (Å²) in [5.74, 6) is -2.46. The van der Waals surface area contributed by atoms with Crippen LogP contribution in [0.15, 0.2) is 63.8 Å². The molecule has 1 fully saturated rings. The number of hydrogen-bond donors (Lipinski definition) is 1. The molecular weight excluding hydrogens is 583 g/mol. The lowest BCUT2D eigenvalue weighted by Crippen LogP contribution is -3.11. The van der Waals surface area contributed by atoms with Gasteiger partial charge in [-0.3, -0.25) is 4.79 Å². The summed E-state index contributed by atoms with van der Waals surface area (Å²) in [6.45, 7) is 13.8. The van der Waals surface area contributed by atoms with Gasteiger partial charge in [0.1, 0.15) is 18.0 Å². The molecule has 0 amide bonds. The summed E-state index contributed by atoms with van der Waals surface area (Å²) in [6.07, 6.45) is -3.14. The third-order valence-corrected chi connectivity index (χ3v) is 8.63. The van der Waals surface area contributed by atoms with Gasteiger partial charge in [-0.25, -0.2) is 4.79 Å². The number of piperidine rings is 1. The summed E-state index contributed by atoms with van der Waals surface area (Å²) in [5.41, 5.74) is 1.95. The van der Waals surface area contributed by atoms with E-state index in [2.05, 4.69) is 27.7 Å². The van der Waals surface area contributed by atoms with Crippen molar-refractivity contribution in [2.45, 2.75) is 72.5 Å². The summed E-state index contributed by atoms with van der Waals surface area (Å²) < 4.78 is 60.4. The van der Waals surface area contributed by atoms with E-state index in [1.54, 1.807) is 31.2 Å². The van der Waals surface area contributed by atoms with Crippen LogP contribution in [0.4, 0.5) is 13.2 Å². The number of alkyl halides is 3. The van der Waals surface area contributed by atoms with Gasteiger partial charge in [0.05, 0.1) is 29.6 Å². The molecule has 45 heavy (non-hydrogen) atoms. The molecule has 1 aliphatic rings. The number of nitrogens with one attached hydrogen (secondary N) is 1. The zero-order chi connectivity index (χ0) is 32.7. The van der Waals surface area contributed by atoms with Crippen molar-refractivity contribution < 1.29 is 36.8 Å². The molecule has 0 bridgehead atoms. The fourth-order valence-electron chi connectivity index (χ4n) is 5.58. The second-order valence-corrected chi connectivity index (χ2v) is 13.2. The standard InChI is InChI=1S/C36H38F3NO5/c1-21-15-17-40(18-16-21)20-28-29(44-34(42)24-8-10-25(11-9-24)35(4,5)6)14-13-27-30(41)32(33(36(37,38)39)45-31(27)28)43-26-12-7-22(2)23(3)19-26/h7-14,19,21H,15-18,20H2,1-6H3/p+1. The zero-order valence-corrected chi connectivity index (χ0v) is 26.5. The first-order chi connectivity index (χ1) is 21.1. The second kappa shape index (κ2) is 12.4. The number of carbonyl (C=O) groups excluding carboxylic acids is 1. The quantitative estimate of drug-likeness (QED) is 0.178. The maximum Gasteiger partial charge on any atom is 0.453 e. The van der Waals surface area contributed by atoms with E-state index in [0.717, 1.165) is 47.5 Å². The van der Waals surface area contributed by atoms with Crippen molar-refractivity contribution >= 4 is 16.9 Å². The van der Waals surface area contributed by atoms with Crippen molar-refractivity contribution in [3.63, 3.8) is 0 Å². The second-order valence-electron chi connectivity index (χ2n) is 13.2. The van der Waals surface area contributed by atoms with Crippen molar-refractivity contribution in [2.24, 2.45) is 5.92 Å². The number of carbonyl (C=O) groups is 1. The first-order valence-corrected chi connectivity index (χ1v) is 15.2. The number of aryl methyl sites for hydroxylation is 2. The van der Waals surface area contributed by atoms with E-state index in [9.17, 15) is 22.8 Å². The minimum atomic E-state index is -5.03. The average molecular weight is 623 g/mol. The lowest BCUT2D eigenvalue weighted by Gasteiger charge is -2.28. The van der Waals surface area contributed by atoms with Gasteiger partial charge in [0.2, 0.25) is 11.2 Å². The molecule has 0 radical (unpaired) electrons. The Kier molecular flexibility index (Phi) is 8.86. The van der Waals surface area contributed by atoms with Gasteiger partial charge < -0.3 is 18.8 Å². The van der Waals surface area contributed by atoms with Crippen LogP contribution in [-0.4, -0.2) is 19.1 Å². The number of likely N-dealkylation sites (tertiary alicyclic amines) is 1. The summed E-state index contributed by atoms with van der Waals surface area (Å²) in [4.78, 5) is 28.1. The van der Waals surface area contributed by atoms with Crippen LogP contribution in [0.25, 0.3) is 11.0 Å². The zero-order valence-electron chi connectivity index (χ0n) is 26.5. The van der Waals surface area contributed by atoms with E-state index < -0.39 is 29.1 Å². The highest BCUT2D eigenvalue weighted by atomic mass is 19.4. The molecule has 0 aliphatic carbocycles. The predicted molar refractivity (Wildman–Crippen MR) is 166 cm³/mol. The van der Waals surface area contributed by atoms with Crippen LogP contribution in [0.5, 0.6) is 17.2 Å². The van der Waals surface area contributed by atoms with Gasteiger partial charge in [-0.2, -0.15) is 13.2 Å². The monoisotopic (exact) mass is 622 g/mol. The van der Waals surface area contributed by atoms with Gasteiger partial charge in [0.15, 0.2) is 5.58 Å². The lowest BCUT2D eigenvalue weighted by atomic mass is 9.87. The van der Waals surface area contributed by atoms with E-state index in [0.29, 0.717) is 11.5 Å². The summed E-state index contributed by atoms with van der Waals surface area (Å²) in [6, 6.07) is 14.6. The molecule has 1 aromatic heterocycles. The Labute approximate surface area is 260 Å². The molecule has 2 heterocycles. The Bertz CT molecular complexity index is 1780. The highest BCUT2D eigenvalue weighted by molar-refractivity contribution is 5.92. The Morgan fingerprint density at radius 3 is 2.22 bits per heavy atom. The minimum Gasteiger partial charge on any atom is -0.449 e. The summed E-state index contributed by atoms with van der Waals surface area (Å²) in [7, 11) is 0. The largest absolute Gasteiger partial charge is 0.453 e. The van der Waals surface area contributed by atoms with Crippen molar-refractivity contribution in [3.05, 3.63) is 98.4 Å². The molecule has 4 aromatic rings. The van der Waals surface area contributed by atoms with Crippen LogP contribution in [0, 0.1) is 19.8 Å². The highest BCUT2D eigenvalue weighted by Gasteiger charge is 2.41. The number of esters is 1. The van der Waals surface area contributed by atoms with Gasteiger partial charge in [0, 0.05) is 0 Å². The molecule has 1 saturated heterocycles. The number of fused-ring (bicyclic) bond motifs is 1. The van der Waals surface area contributed by atoms with Crippen molar-refractivity contribution in [2.75, 3.05) is 13.1 Å². The van der Waals surface area contributed by atoms with Crippen LogP contribution in [0.3, 0.4) is 0 Å². The van der Waals surface area contributed by atoms with Crippen molar-refractivity contribution in [1.82, 2.24) is 0 Å². The molecule has 6 nitrogen and oxygen atoms in total.